The highest BCUT2D eigenvalue weighted by atomic mass is 32.2. The van der Waals surface area contributed by atoms with Gasteiger partial charge in [-0.15, -0.1) is 0 Å². The summed E-state index contributed by atoms with van der Waals surface area (Å²) in [4.78, 5) is 36.4. The van der Waals surface area contributed by atoms with E-state index in [4.69, 9.17) is 4.42 Å². The molecule has 4 aromatic rings. The molecule has 0 spiro atoms. The maximum atomic E-state index is 13.8. The average Bonchev–Trinajstić information content (AvgIpc) is 3.19. The molecule has 0 atom stereocenters. The number of carbonyl (C=O) groups is 2. The second-order valence-corrected chi connectivity index (χ2v) is 9.94. The zero-order chi connectivity index (χ0) is 26.2. The summed E-state index contributed by atoms with van der Waals surface area (Å²) in [5, 5.41) is 11.6. The minimum atomic E-state index is -4.46. The van der Waals surface area contributed by atoms with Gasteiger partial charge in [-0.2, -0.15) is 4.31 Å². The fraction of sp³-hybridized carbons (Fsp3) is 0.154. The summed E-state index contributed by atoms with van der Waals surface area (Å²) in [6, 6.07) is 15.2. The number of carbonyl (C=O) groups excluding carboxylic acids is 2. The molecule has 0 aliphatic carbocycles. The van der Waals surface area contributed by atoms with Gasteiger partial charge in [-0.05, 0) is 62.2 Å². The quantitative estimate of drug-likeness (QED) is 0.185. The molecule has 1 amide bonds. The van der Waals surface area contributed by atoms with Crippen LogP contribution in [0.25, 0.3) is 11.0 Å². The van der Waals surface area contributed by atoms with E-state index in [1.807, 2.05) is 6.92 Å². The molecular weight excluding hydrogens is 484 g/mol. The van der Waals surface area contributed by atoms with Gasteiger partial charge in [-0.3, -0.25) is 19.7 Å². The second kappa shape index (κ2) is 9.38. The van der Waals surface area contributed by atoms with E-state index >= 15 is 0 Å². The Balaban J connectivity index is 1.95. The van der Waals surface area contributed by atoms with Gasteiger partial charge in [0.2, 0.25) is 0 Å². The molecular formula is C26H22N2O7S. The molecule has 10 heteroatoms. The SMILES string of the molecule is CCc1ccc(S(=O)(=O)N(C(=O)c2cccc([N+](=O)[O-])c2)c2ccc3oc(C)c(C(C)=O)c3c2)cc1. The minimum absolute atomic E-state index is 0.0399. The van der Waals surface area contributed by atoms with E-state index < -0.39 is 20.9 Å². The van der Waals surface area contributed by atoms with Crippen LogP contribution in [0, 0.1) is 17.0 Å². The van der Waals surface area contributed by atoms with Crippen LogP contribution < -0.4 is 4.31 Å². The Hall–Kier alpha value is -4.31. The largest absolute Gasteiger partial charge is 0.461 e. The number of sulfonamides is 1. The number of Topliss-reactive ketones (excluding diaryl/α,β-unsaturated/α-hetero) is 1. The summed E-state index contributed by atoms with van der Waals surface area (Å²) in [6.45, 7) is 4.91. The number of fused-ring (bicyclic) bond motifs is 1. The van der Waals surface area contributed by atoms with Gasteiger partial charge in [0, 0.05) is 23.1 Å². The number of nitro benzene ring substituents is 1. The van der Waals surface area contributed by atoms with E-state index in [9.17, 15) is 28.1 Å². The number of hydrogen-bond acceptors (Lipinski definition) is 7. The second-order valence-electron chi connectivity index (χ2n) is 8.15. The van der Waals surface area contributed by atoms with E-state index in [1.165, 1.54) is 55.5 Å². The van der Waals surface area contributed by atoms with Crippen LogP contribution >= 0.6 is 0 Å². The summed E-state index contributed by atoms with van der Waals surface area (Å²) < 4.78 is 33.8. The fourth-order valence-corrected chi connectivity index (χ4v) is 5.41. The van der Waals surface area contributed by atoms with Crippen molar-refractivity contribution in [3.63, 3.8) is 0 Å². The Kier molecular flexibility index (Phi) is 6.47. The molecule has 36 heavy (non-hydrogen) atoms. The van der Waals surface area contributed by atoms with Crippen LogP contribution in [-0.2, 0) is 16.4 Å². The number of nitro groups is 1. The fourth-order valence-electron chi connectivity index (χ4n) is 4.01. The number of anilines is 1. The van der Waals surface area contributed by atoms with E-state index in [-0.39, 0.29) is 33.2 Å². The first-order valence-electron chi connectivity index (χ1n) is 11.0. The zero-order valence-corrected chi connectivity index (χ0v) is 20.5. The third-order valence-electron chi connectivity index (χ3n) is 5.79. The molecule has 4 rings (SSSR count). The Bertz CT molecular complexity index is 1620. The molecule has 1 aromatic heterocycles. The third kappa shape index (κ3) is 4.38. The van der Waals surface area contributed by atoms with Gasteiger partial charge in [0.15, 0.2) is 5.78 Å². The topological polar surface area (TPSA) is 128 Å². The maximum absolute atomic E-state index is 13.8. The summed E-state index contributed by atoms with van der Waals surface area (Å²) in [6.07, 6.45) is 0.695. The Morgan fingerprint density at radius 2 is 1.72 bits per heavy atom. The summed E-state index contributed by atoms with van der Waals surface area (Å²) >= 11 is 0. The van der Waals surface area contributed by atoms with Gasteiger partial charge >= 0.3 is 0 Å². The van der Waals surface area contributed by atoms with Gasteiger partial charge in [0.25, 0.3) is 21.6 Å². The number of ketones is 1. The number of benzene rings is 3. The van der Waals surface area contributed by atoms with Crippen molar-refractivity contribution in [2.75, 3.05) is 4.31 Å². The highest BCUT2D eigenvalue weighted by Gasteiger charge is 2.33. The number of non-ortho nitro benzene ring substituents is 1. The van der Waals surface area contributed by atoms with Gasteiger partial charge in [0.05, 0.1) is 21.1 Å². The van der Waals surface area contributed by atoms with Crippen molar-refractivity contribution in [3.8, 4) is 0 Å². The lowest BCUT2D eigenvalue weighted by molar-refractivity contribution is -0.384. The number of nitrogens with zero attached hydrogens (tertiary/aromatic N) is 2. The van der Waals surface area contributed by atoms with Gasteiger partial charge in [0.1, 0.15) is 11.3 Å². The standard InChI is InChI=1S/C26H22N2O7S/c1-4-18-8-11-22(12-9-18)36(33,34)27(26(30)19-6-5-7-21(14-19)28(31)32)20-10-13-24-23(15-20)25(16(2)29)17(3)35-24/h5-15H,4H2,1-3H3. The minimum Gasteiger partial charge on any atom is -0.461 e. The molecule has 9 nitrogen and oxygen atoms in total. The number of rotatable bonds is 7. The van der Waals surface area contributed by atoms with Gasteiger partial charge in [-0.1, -0.05) is 25.1 Å². The van der Waals surface area contributed by atoms with Crippen molar-refractivity contribution in [3.05, 3.63) is 99.3 Å². The van der Waals surface area contributed by atoms with Crippen LogP contribution in [0.5, 0.6) is 0 Å². The molecule has 1 heterocycles. The van der Waals surface area contributed by atoms with E-state index in [0.717, 1.165) is 11.6 Å². The van der Waals surface area contributed by atoms with Crippen molar-refractivity contribution in [2.45, 2.75) is 32.1 Å². The van der Waals surface area contributed by atoms with E-state index in [0.29, 0.717) is 27.5 Å². The maximum Gasteiger partial charge on any atom is 0.272 e. The van der Waals surface area contributed by atoms with Gasteiger partial charge < -0.3 is 4.42 Å². The molecule has 3 aromatic carbocycles. The molecule has 0 saturated carbocycles. The Morgan fingerprint density at radius 3 is 2.33 bits per heavy atom. The normalized spacial score (nSPS) is 11.4. The predicted molar refractivity (Wildman–Crippen MR) is 134 cm³/mol. The number of amides is 1. The van der Waals surface area contributed by atoms with Crippen molar-refractivity contribution in [2.24, 2.45) is 0 Å². The number of aryl methyl sites for hydroxylation is 2. The predicted octanol–water partition coefficient (Wildman–Crippen LogP) is 5.45. The summed E-state index contributed by atoms with van der Waals surface area (Å²) in [7, 11) is -4.46. The molecule has 0 aliphatic heterocycles. The van der Waals surface area contributed by atoms with E-state index in [1.54, 1.807) is 19.1 Å². The van der Waals surface area contributed by atoms with Crippen molar-refractivity contribution in [1.29, 1.82) is 0 Å². The van der Waals surface area contributed by atoms with Crippen molar-refractivity contribution >= 4 is 44.1 Å². The van der Waals surface area contributed by atoms with Crippen LogP contribution in [0.15, 0.2) is 76.0 Å². The molecule has 0 aliphatic rings. The lowest BCUT2D eigenvalue weighted by Crippen LogP contribution is -2.37. The molecule has 184 valence electrons. The molecule has 0 N–H and O–H groups in total. The van der Waals surface area contributed by atoms with Gasteiger partial charge in [-0.25, -0.2) is 8.42 Å². The molecule has 0 saturated heterocycles. The van der Waals surface area contributed by atoms with Crippen LogP contribution in [0.4, 0.5) is 11.4 Å². The van der Waals surface area contributed by atoms with Crippen LogP contribution in [0.2, 0.25) is 0 Å². The number of hydrogen-bond donors (Lipinski definition) is 0. The van der Waals surface area contributed by atoms with Crippen molar-refractivity contribution in [1.82, 2.24) is 0 Å². The smallest absolute Gasteiger partial charge is 0.272 e. The number of furan rings is 1. The van der Waals surface area contributed by atoms with Crippen molar-refractivity contribution < 1.29 is 27.3 Å². The molecule has 0 fully saturated rings. The first-order valence-corrected chi connectivity index (χ1v) is 12.5. The van der Waals surface area contributed by atoms with E-state index in [2.05, 4.69) is 0 Å². The lowest BCUT2D eigenvalue weighted by atomic mass is 10.1. The highest BCUT2D eigenvalue weighted by molar-refractivity contribution is 7.93. The lowest BCUT2D eigenvalue weighted by Gasteiger charge is -2.23. The summed E-state index contributed by atoms with van der Waals surface area (Å²) in [5.74, 6) is -0.899. The van der Waals surface area contributed by atoms with Crippen LogP contribution in [0.3, 0.4) is 0 Å². The monoisotopic (exact) mass is 506 g/mol. The molecule has 0 bridgehead atoms. The summed E-state index contributed by atoms with van der Waals surface area (Å²) in [5.41, 5.74) is 0.959. The average molecular weight is 507 g/mol. The zero-order valence-electron chi connectivity index (χ0n) is 19.7. The van der Waals surface area contributed by atoms with Crippen LogP contribution in [0.1, 0.15) is 45.9 Å². The highest BCUT2D eigenvalue weighted by Crippen LogP contribution is 2.33. The third-order valence-corrected chi connectivity index (χ3v) is 7.52. The first kappa shape index (κ1) is 24.8. The molecule has 0 radical (unpaired) electrons. The first-order chi connectivity index (χ1) is 17.0. The van der Waals surface area contributed by atoms with Crippen LogP contribution in [-0.4, -0.2) is 25.0 Å². The molecule has 0 unspecified atom stereocenters. The Morgan fingerprint density at radius 1 is 1.03 bits per heavy atom. The Labute approximate surface area is 207 Å².